The third kappa shape index (κ3) is 12.7. The molecule has 0 atom stereocenters. The van der Waals surface area contributed by atoms with Crippen LogP contribution in [0.4, 0.5) is 0 Å². The number of nitrogens with one attached hydrogen (secondary N) is 2. The number of rotatable bonds is 16. The molecule has 0 aromatic carbocycles. The number of carbonyl (C=O) groups excluding carboxylic acids is 2. The van der Waals surface area contributed by atoms with Crippen molar-refractivity contribution >= 4 is 11.8 Å². The van der Waals surface area contributed by atoms with Gasteiger partial charge in [0.2, 0.25) is 11.8 Å². The predicted octanol–water partition coefficient (Wildman–Crippen LogP) is 1.29. The van der Waals surface area contributed by atoms with E-state index in [0.717, 1.165) is 63.9 Å². The predicted molar refractivity (Wildman–Crippen MR) is 135 cm³/mol. The van der Waals surface area contributed by atoms with Gasteiger partial charge in [-0.15, -0.1) is 0 Å². The SMILES string of the molecule is NCCCNC(=O)CCN1CCC(CCCC2CCN(CCC(=O)NCCCN)CC2)CC1. The summed E-state index contributed by atoms with van der Waals surface area (Å²) in [6, 6.07) is 0. The summed E-state index contributed by atoms with van der Waals surface area (Å²) in [5.74, 6) is 2.03. The van der Waals surface area contributed by atoms with Crippen LogP contribution in [0.15, 0.2) is 0 Å². The van der Waals surface area contributed by atoms with Crippen LogP contribution in [0.3, 0.4) is 0 Å². The van der Waals surface area contributed by atoms with E-state index in [2.05, 4.69) is 20.4 Å². The first-order chi connectivity index (χ1) is 16.1. The molecule has 6 N–H and O–H groups in total. The van der Waals surface area contributed by atoms with E-state index in [0.29, 0.717) is 39.0 Å². The van der Waals surface area contributed by atoms with Crippen LogP contribution in [0, 0.1) is 11.8 Å². The smallest absolute Gasteiger partial charge is 0.221 e. The molecular formula is C25H50N6O2. The summed E-state index contributed by atoms with van der Waals surface area (Å²) in [4.78, 5) is 28.6. The normalized spacial score (nSPS) is 19.0. The summed E-state index contributed by atoms with van der Waals surface area (Å²) >= 11 is 0. The molecular weight excluding hydrogens is 416 g/mol. The van der Waals surface area contributed by atoms with Crippen molar-refractivity contribution in [2.75, 3.05) is 65.4 Å². The average Bonchev–Trinajstić information content (AvgIpc) is 2.83. The lowest BCUT2D eigenvalue weighted by atomic mass is 9.87. The van der Waals surface area contributed by atoms with Gasteiger partial charge in [-0.25, -0.2) is 0 Å². The molecule has 0 unspecified atom stereocenters. The molecule has 0 spiro atoms. The lowest BCUT2D eigenvalue weighted by Gasteiger charge is -2.33. The van der Waals surface area contributed by atoms with Crippen molar-refractivity contribution in [3.63, 3.8) is 0 Å². The van der Waals surface area contributed by atoms with Gasteiger partial charge in [-0.1, -0.05) is 19.3 Å². The van der Waals surface area contributed by atoms with E-state index < -0.39 is 0 Å². The van der Waals surface area contributed by atoms with Gasteiger partial charge < -0.3 is 31.9 Å². The zero-order chi connectivity index (χ0) is 23.7. The highest BCUT2D eigenvalue weighted by atomic mass is 16.2. The van der Waals surface area contributed by atoms with Crippen LogP contribution in [0.25, 0.3) is 0 Å². The van der Waals surface area contributed by atoms with Gasteiger partial charge in [-0.2, -0.15) is 0 Å². The highest BCUT2D eigenvalue weighted by Crippen LogP contribution is 2.27. The largest absolute Gasteiger partial charge is 0.356 e. The monoisotopic (exact) mass is 466 g/mol. The molecule has 2 amide bonds. The van der Waals surface area contributed by atoms with Gasteiger partial charge in [-0.3, -0.25) is 9.59 Å². The number of nitrogens with zero attached hydrogens (tertiary/aromatic N) is 2. The van der Waals surface area contributed by atoms with Crippen molar-refractivity contribution in [1.29, 1.82) is 0 Å². The number of hydrogen-bond donors (Lipinski definition) is 4. The Kier molecular flexibility index (Phi) is 14.6. The summed E-state index contributed by atoms with van der Waals surface area (Å²) in [7, 11) is 0. The Morgan fingerprint density at radius 3 is 1.42 bits per heavy atom. The molecule has 0 aromatic heterocycles. The molecule has 0 radical (unpaired) electrons. The van der Waals surface area contributed by atoms with Gasteiger partial charge in [0, 0.05) is 39.0 Å². The number of carbonyl (C=O) groups is 2. The molecule has 2 saturated heterocycles. The van der Waals surface area contributed by atoms with Crippen molar-refractivity contribution in [1.82, 2.24) is 20.4 Å². The van der Waals surface area contributed by atoms with E-state index >= 15 is 0 Å². The Morgan fingerprint density at radius 2 is 1.06 bits per heavy atom. The Labute approximate surface area is 201 Å². The van der Waals surface area contributed by atoms with Crippen molar-refractivity contribution in [3.8, 4) is 0 Å². The van der Waals surface area contributed by atoms with Crippen molar-refractivity contribution in [2.24, 2.45) is 23.3 Å². The molecule has 0 aliphatic carbocycles. The minimum Gasteiger partial charge on any atom is -0.356 e. The van der Waals surface area contributed by atoms with Crippen LogP contribution < -0.4 is 22.1 Å². The lowest BCUT2D eigenvalue weighted by Crippen LogP contribution is -2.37. The second kappa shape index (κ2) is 17.2. The third-order valence-corrected chi connectivity index (χ3v) is 7.36. The zero-order valence-electron chi connectivity index (χ0n) is 20.9. The van der Waals surface area contributed by atoms with Crippen molar-refractivity contribution in [3.05, 3.63) is 0 Å². The number of likely N-dealkylation sites (tertiary alicyclic amines) is 2. The average molecular weight is 467 g/mol. The molecule has 8 heteroatoms. The second-order valence-electron chi connectivity index (χ2n) is 9.99. The van der Waals surface area contributed by atoms with E-state index in [4.69, 9.17) is 11.5 Å². The Hall–Kier alpha value is -1.22. The fraction of sp³-hybridized carbons (Fsp3) is 0.920. The molecule has 192 valence electrons. The molecule has 0 saturated carbocycles. The van der Waals surface area contributed by atoms with Crippen LogP contribution >= 0.6 is 0 Å². The zero-order valence-corrected chi connectivity index (χ0v) is 20.9. The maximum absolute atomic E-state index is 11.8. The Morgan fingerprint density at radius 1 is 0.667 bits per heavy atom. The Bertz CT molecular complexity index is 485. The van der Waals surface area contributed by atoms with Crippen LogP contribution in [0.1, 0.15) is 70.6 Å². The molecule has 2 rings (SSSR count). The minimum absolute atomic E-state index is 0.155. The Balaban J connectivity index is 1.45. The maximum Gasteiger partial charge on any atom is 0.221 e. The molecule has 2 aliphatic heterocycles. The van der Waals surface area contributed by atoms with Crippen LogP contribution in [0.5, 0.6) is 0 Å². The van der Waals surface area contributed by atoms with E-state index in [1.807, 2.05) is 0 Å². The summed E-state index contributed by atoms with van der Waals surface area (Å²) in [6.45, 7) is 8.97. The van der Waals surface area contributed by atoms with Gasteiger partial charge in [-0.05, 0) is 89.6 Å². The summed E-state index contributed by atoms with van der Waals surface area (Å²) in [5, 5.41) is 5.89. The molecule has 2 fully saturated rings. The number of hydrogen-bond acceptors (Lipinski definition) is 6. The number of nitrogens with two attached hydrogens (primary N) is 2. The highest BCUT2D eigenvalue weighted by molar-refractivity contribution is 5.76. The molecule has 2 aliphatic rings. The number of amides is 2. The first-order valence-electron chi connectivity index (χ1n) is 13.5. The van der Waals surface area contributed by atoms with Crippen LogP contribution in [-0.2, 0) is 9.59 Å². The standard InChI is InChI=1S/C25H50N6O2/c26-12-2-14-28-24(32)10-20-30-16-6-22(7-17-30)4-1-5-23-8-18-31(19-9-23)21-11-25(33)29-15-3-13-27/h22-23H,1-21,26-27H2,(H,28,32)(H,29,33). The molecule has 2 heterocycles. The fourth-order valence-electron chi connectivity index (χ4n) is 5.05. The summed E-state index contributed by atoms with van der Waals surface area (Å²) < 4.78 is 0. The third-order valence-electron chi connectivity index (χ3n) is 7.36. The topological polar surface area (TPSA) is 117 Å². The first-order valence-corrected chi connectivity index (χ1v) is 13.5. The molecule has 0 bridgehead atoms. The quantitative estimate of drug-likeness (QED) is 0.255. The van der Waals surface area contributed by atoms with Gasteiger partial charge in [0.15, 0.2) is 0 Å². The van der Waals surface area contributed by atoms with Crippen molar-refractivity contribution < 1.29 is 9.59 Å². The van der Waals surface area contributed by atoms with Crippen LogP contribution in [-0.4, -0.2) is 87.1 Å². The van der Waals surface area contributed by atoms with E-state index in [9.17, 15) is 9.59 Å². The fourth-order valence-corrected chi connectivity index (χ4v) is 5.05. The van der Waals surface area contributed by atoms with E-state index in [-0.39, 0.29) is 11.8 Å². The highest BCUT2D eigenvalue weighted by Gasteiger charge is 2.22. The van der Waals surface area contributed by atoms with Gasteiger partial charge in [0.25, 0.3) is 0 Å². The van der Waals surface area contributed by atoms with Gasteiger partial charge in [0.1, 0.15) is 0 Å². The number of piperidine rings is 2. The lowest BCUT2D eigenvalue weighted by molar-refractivity contribution is -0.122. The van der Waals surface area contributed by atoms with Crippen molar-refractivity contribution in [2.45, 2.75) is 70.6 Å². The molecule has 33 heavy (non-hydrogen) atoms. The van der Waals surface area contributed by atoms with E-state index in [1.165, 1.54) is 44.9 Å². The van der Waals surface area contributed by atoms with Gasteiger partial charge in [0.05, 0.1) is 0 Å². The van der Waals surface area contributed by atoms with Crippen LogP contribution in [0.2, 0.25) is 0 Å². The minimum atomic E-state index is 0.155. The summed E-state index contributed by atoms with van der Waals surface area (Å²) in [5.41, 5.74) is 10.9. The second-order valence-corrected chi connectivity index (χ2v) is 9.99. The molecule has 8 nitrogen and oxygen atoms in total. The maximum atomic E-state index is 11.8. The molecule has 0 aromatic rings. The van der Waals surface area contributed by atoms with Gasteiger partial charge >= 0.3 is 0 Å². The first kappa shape index (κ1) is 28.0. The van der Waals surface area contributed by atoms with E-state index in [1.54, 1.807) is 0 Å². The summed E-state index contributed by atoms with van der Waals surface area (Å²) in [6.07, 6.45) is 12.1.